The normalized spacial score (nSPS) is 15.4. The van der Waals surface area contributed by atoms with Crippen molar-refractivity contribution in [3.63, 3.8) is 0 Å². The Morgan fingerprint density at radius 2 is 1.72 bits per heavy atom. The smallest absolute Gasteiger partial charge is 0.344 e. The summed E-state index contributed by atoms with van der Waals surface area (Å²) < 4.78 is 6.74. The lowest BCUT2D eigenvalue weighted by atomic mass is 10.0. The number of carbonyl (C=O) groups excluding carboxylic acids is 6. The second kappa shape index (κ2) is 14.3. The Labute approximate surface area is 299 Å². The first-order valence-corrected chi connectivity index (χ1v) is 16.7. The zero-order valence-electron chi connectivity index (χ0n) is 28.0. The first-order valence-electron chi connectivity index (χ1n) is 16.7. The zero-order chi connectivity index (χ0) is 37.2. The van der Waals surface area contributed by atoms with Crippen LogP contribution in [0.1, 0.15) is 58.5 Å². The van der Waals surface area contributed by atoms with Crippen molar-refractivity contribution in [2.45, 2.75) is 51.1 Å². The molecule has 7 rings (SSSR count). The Balaban J connectivity index is 0.870. The van der Waals surface area contributed by atoms with Crippen LogP contribution in [0.2, 0.25) is 0 Å². The zero-order valence-corrected chi connectivity index (χ0v) is 28.0. The van der Waals surface area contributed by atoms with Crippen LogP contribution in [0, 0.1) is 0 Å². The topological polar surface area (TPSA) is 223 Å². The quantitative estimate of drug-likeness (QED) is 0.0883. The van der Waals surface area contributed by atoms with Gasteiger partial charge in [-0.05, 0) is 73.7 Å². The Bertz CT molecular complexity index is 2380. The maximum Gasteiger partial charge on any atom is 0.344 e. The average molecular weight is 718 g/mol. The van der Waals surface area contributed by atoms with Gasteiger partial charge in [0.2, 0.25) is 23.6 Å². The van der Waals surface area contributed by atoms with E-state index < -0.39 is 35.3 Å². The average Bonchev–Trinajstić information content (AvgIpc) is 3.67. The molecule has 2 aromatic heterocycles. The number of aromatic hydroxyl groups is 1. The van der Waals surface area contributed by atoms with Crippen LogP contribution in [0.3, 0.4) is 0 Å². The van der Waals surface area contributed by atoms with Gasteiger partial charge in [0.05, 0.1) is 28.1 Å². The van der Waals surface area contributed by atoms with Crippen molar-refractivity contribution in [3.05, 3.63) is 100 Å². The number of aromatic nitrogens is 3. The van der Waals surface area contributed by atoms with E-state index in [9.17, 15) is 38.7 Å². The van der Waals surface area contributed by atoms with E-state index in [1.807, 2.05) is 0 Å². The molecule has 53 heavy (non-hydrogen) atoms. The van der Waals surface area contributed by atoms with Crippen LogP contribution in [-0.4, -0.2) is 66.5 Å². The van der Waals surface area contributed by atoms with E-state index in [-0.39, 0.29) is 65.8 Å². The lowest BCUT2D eigenvalue weighted by Crippen LogP contribution is -2.54. The molecule has 4 N–H and O–H groups in total. The summed E-state index contributed by atoms with van der Waals surface area (Å²) in [5.74, 6) is -3.27. The number of amides is 6. The van der Waals surface area contributed by atoms with Crippen molar-refractivity contribution in [3.8, 4) is 16.9 Å². The first kappa shape index (κ1) is 34.5. The van der Waals surface area contributed by atoms with Crippen molar-refractivity contribution < 1.29 is 38.3 Å². The largest absolute Gasteiger partial charge is 0.508 e. The van der Waals surface area contributed by atoms with E-state index in [1.165, 1.54) is 35.0 Å². The van der Waals surface area contributed by atoms with E-state index >= 15 is 0 Å². The summed E-state index contributed by atoms with van der Waals surface area (Å²) in [6.45, 7) is -0.0954. The fourth-order valence-corrected chi connectivity index (χ4v) is 6.34. The van der Waals surface area contributed by atoms with Gasteiger partial charge in [-0.25, -0.2) is 9.48 Å². The number of benzene rings is 3. The molecule has 5 aromatic rings. The molecule has 0 bridgehead atoms. The number of unbranched alkanes of at least 4 members (excludes halogenated alkanes) is 1. The Kier molecular flexibility index (Phi) is 9.33. The molecule has 268 valence electrons. The number of rotatable bonds is 11. The number of hydrogen-bond donors (Lipinski definition) is 4. The number of phenolic OH excluding ortho intramolecular Hbond substituents is 1. The molecule has 2 aliphatic rings. The molecule has 0 radical (unpaired) electrons. The Morgan fingerprint density at radius 3 is 2.51 bits per heavy atom. The number of anilines is 2. The summed E-state index contributed by atoms with van der Waals surface area (Å²) in [7, 11) is 0. The third kappa shape index (κ3) is 7.28. The summed E-state index contributed by atoms with van der Waals surface area (Å²) in [6, 6.07) is 16.3. The number of nitrogens with one attached hydrogen (secondary N) is 3. The maximum atomic E-state index is 13.3. The van der Waals surface area contributed by atoms with E-state index in [1.54, 1.807) is 42.6 Å². The Hall–Kier alpha value is -6.97. The minimum atomic E-state index is -1.11. The molecule has 1 atom stereocenters. The highest BCUT2D eigenvalue weighted by atomic mass is 16.4. The van der Waals surface area contributed by atoms with Gasteiger partial charge < -0.3 is 20.2 Å². The molecular formula is C37H31N7O9. The molecule has 6 amide bonds. The van der Waals surface area contributed by atoms with Crippen molar-refractivity contribution >= 4 is 57.8 Å². The number of hydrogen-bond acceptors (Lipinski definition) is 11. The van der Waals surface area contributed by atoms with Crippen molar-refractivity contribution in [2.24, 2.45) is 0 Å². The van der Waals surface area contributed by atoms with Gasteiger partial charge in [0.1, 0.15) is 23.9 Å². The summed E-state index contributed by atoms with van der Waals surface area (Å²) >= 11 is 0. The predicted molar refractivity (Wildman–Crippen MR) is 188 cm³/mol. The van der Waals surface area contributed by atoms with Crippen LogP contribution in [0.25, 0.3) is 22.1 Å². The molecular weight excluding hydrogens is 686 g/mol. The Morgan fingerprint density at radius 1 is 0.906 bits per heavy atom. The van der Waals surface area contributed by atoms with Crippen molar-refractivity contribution in [1.29, 1.82) is 0 Å². The van der Waals surface area contributed by atoms with Crippen molar-refractivity contribution in [1.82, 2.24) is 25.2 Å². The van der Waals surface area contributed by atoms with Gasteiger partial charge in [-0.1, -0.05) is 23.4 Å². The highest BCUT2D eigenvalue weighted by molar-refractivity contribution is 6.26. The van der Waals surface area contributed by atoms with Gasteiger partial charge >= 0.3 is 5.63 Å². The molecule has 4 heterocycles. The standard InChI is InChI=1S/C37H31N7O9/c45-24-13-10-21-16-26(37(52)53-29(21)17-24)20-8-11-22(12-9-20)38-32(48)19-43-18-23(41-42-43)4-1-2-7-30(46)39-27-6-3-5-25-33(27)36(51)44(35(25)50)28-14-15-31(47)40-34(28)49/h3,5-6,8-13,16-18,28,45H,1-2,4,7,14-15,19H2,(H,38,48)(H,39,46)(H,40,47,49). The van der Waals surface area contributed by atoms with E-state index in [0.717, 1.165) is 4.90 Å². The van der Waals surface area contributed by atoms with E-state index in [4.69, 9.17) is 4.42 Å². The van der Waals surface area contributed by atoms with E-state index in [2.05, 4.69) is 26.3 Å². The van der Waals surface area contributed by atoms with Crippen LogP contribution in [0.4, 0.5) is 11.4 Å². The molecule has 3 aromatic carbocycles. The van der Waals surface area contributed by atoms with Crippen LogP contribution in [-0.2, 0) is 32.1 Å². The number of phenols is 1. The summed E-state index contributed by atoms with van der Waals surface area (Å²) in [5, 5.41) is 26.1. The summed E-state index contributed by atoms with van der Waals surface area (Å²) in [6.07, 6.45) is 3.34. The molecule has 0 aliphatic carbocycles. The first-order chi connectivity index (χ1) is 25.5. The van der Waals surface area contributed by atoms with Crippen LogP contribution in [0.5, 0.6) is 5.75 Å². The fraction of sp³-hybridized carbons (Fsp3) is 0.216. The lowest BCUT2D eigenvalue weighted by molar-refractivity contribution is -0.136. The second-order valence-electron chi connectivity index (χ2n) is 12.6. The molecule has 1 saturated heterocycles. The van der Waals surface area contributed by atoms with Crippen LogP contribution >= 0.6 is 0 Å². The lowest BCUT2D eigenvalue weighted by Gasteiger charge is -2.27. The van der Waals surface area contributed by atoms with Crippen molar-refractivity contribution in [2.75, 3.05) is 10.6 Å². The highest BCUT2D eigenvalue weighted by Crippen LogP contribution is 2.32. The molecule has 1 unspecified atom stereocenters. The summed E-state index contributed by atoms with van der Waals surface area (Å²) in [5.41, 5.74) is 2.04. The second-order valence-corrected chi connectivity index (χ2v) is 12.6. The van der Waals surface area contributed by atoms with Gasteiger partial charge in [-0.3, -0.25) is 39.0 Å². The third-order valence-electron chi connectivity index (χ3n) is 8.92. The minimum absolute atomic E-state index is 0.00168. The minimum Gasteiger partial charge on any atom is -0.508 e. The number of piperidine rings is 1. The fourth-order valence-electron chi connectivity index (χ4n) is 6.34. The molecule has 16 nitrogen and oxygen atoms in total. The van der Waals surface area contributed by atoms with E-state index in [0.29, 0.717) is 47.2 Å². The molecule has 1 fully saturated rings. The molecule has 16 heteroatoms. The van der Waals surface area contributed by atoms with Gasteiger partial charge in [0.25, 0.3) is 11.8 Å². The van der Waals surface area contributed by atoms with Gasteiger partial charge in [-0.2, -0.15) is 0 Å². The number of nitrogens with zero attached hydrogens (tertiary/aromatic N) is 4. The highest BCUT2D eigenvalue weighted by Gasteiger charge is 2.45. The molecule has 2 aliphatic heterocycles. The van der Waals surface area contributed by atoms with Crippen LogP contribution in [0.15, 0.2) is 82.1 Å². The predicted octanol–water partition coefficient (Wildman–Crippen LogP) is 3.15. The van der Waals surface area contributed by atoms with Crippen LogP contribution < -0.4 is 21.6 Å². The number of fused-ring (bicyclic) bond motifs is 2. The third-order valence-corrected chi connectivity index (χ3v) is 8.92. The summed E-state index contributed by atoms with van der Waals surface area (Å²) in [4.78, 5) is 89.1. The number of imide groups is 2. The SMILES string of the molecule is O=C1CCC(N2C(=O)c3cccc(NC(=O)CCCCc4cn(CC(=O)Nc5ccc(-c6cc7ccc(O)cc7oc6=O)cc5)nn4)c3C2=O)C(=O)N1. The molecule has 0 spiro atoms. The van der Waals surface area contributed by atoms with Gasteiger partial charge in [0.15, 0.2) is 0 Å². The van der Waals surface area contributed by atoms with Gasteiger partial charge in [0, 0.05) is 36.2 Å². The number of aryl methyl sites for hydroxylation is 1. The number of carbonyl (C=O) groups is 6. The monoisotopic (exact) mass is 717 g/mol. The maximum absolute atomic E-state index is 13.3. The van der Waals surface area contributed by atoms with Gasteiger partial charge in [-0.15, -0.1) is 5.10 Å². The molecule has 0 saturated carbocycles.